The molecule has 1 unspecified atom stereocenters. The van der Waals surface area contributed by atoms with Gasteiger partial charge in [0.2, 0.25) is 0 Å². The number of rotatable bonds is 1. The molecule has 132 valence electrons. The number of anilines is 1. The molecule has 1 saturated heterocycles. The molecule has 3 aliphatic heterocycles. The fraction of sp³-hybridized carbons (Fsp3) is 0.529. The van der Waals surface area contributed by atoms with Crippen molar-refractivity contribution in [2.45, 2.75) is 51.9 Å². The summed E-state index contributed by atoms with van der Waals surface area (Å²) in [5.41, 5.74) is 3.41. The van der Waals surface area contributed by atoms with Gasteiger partial charge in [-0.25, -0.2) is 5.43 Å². The molecule has 0 bridgehead atoms. The van der Waals surface area contributed by atoms with Gasteiger partial charge in [0.1, 0.15) is 18.4 Å². The van der Waals surface area contributed by atoms with E-state index in [4.69, 9.17) is 14.0 Å². The van der Waals surface area contributed by atoms with Gasteiger partial charge >= 0.3 is 7.12 Å². The van der Waals surface area contributed by atoms with Gasteiger partial charge < -0.3 is 18.9 Å². The van der Waals surface area contributed by atoms with Crippen LogP contribution in [-0.2, 0) is 14.1 Å². The summed E-state index contributed by atoms with van der Waals surface area (Å²) in [5.74, 6) is 1.27. The number of amides is 1. The van der Waals surface area contributed by atoms with Crippen molar-refractivity contribution in [1.82, 2.24) is 5.43 Å². The Morgan fingerprint density at radius 2 is 1.92 bits per heavy atom. The Hall–Kier alpha value is -2.06. The molecule has 25 heavy (non-hydrogen) atoms. The first-order valence-corrected chi connectivity index (χ1v) is 8.48. The van der Waals surface area contributed by atoms with Crippen LogP contribution in [0.25, 0.3) is 0 Å². The summed E-state index contributed by atoms with van der Waals surface area (Å²) in [7, 11) is -0.466. The highest BCUT2D eigenvalue weighted by Crippen LogP contribution is 2.38. The summed E-state index contributed by atoms with van der Waals surface area (Å²) in [6.45, 7) is 10.3. The van der Waals surface area contributed by atoms with Gasteiger partial charge in [-0.2, -0.15) is 5.10 Å². The molecule has 0 spiro atoms. The normalized spacial score (nSPS) is 26.4. The minimum atomic E-state index is -0.466. The number of hydrazone groups is 1. The average molecular weight is 343 g/mol. The van der Waals surface area contributed by atoms with Crippen molar-refractivity contribution in [3.05, 3.63) is 18.2 Å². The molecule has 0 radical (unpaired) electrons. The van der Waals surface area contributed by atoms with E-state index in [-0.39, 0.29) is 11.9 Å². The molecule has 1 amide bonds. The second kappa shape index (κ2) is 5.22. The Kier molecular flexibility index (Phi) is 3.43. The number of ether oxygens (including phenoxy) is 1. The molecule has 0 aliphatic carbocycles. The van der Waals surface area contributed by atoms with Crippen molar-refractivity contribution in [2.75, 3.05) is 11.5 Å². The molecule has 1 aromatic carbocycles. The van der Waals surface area contributed by atoms with Crippen LogP contribution in [0.5, 0.6) is 5.75 Å². The number of fused-ring (bicyclic) bond motifs is 3. The van der Waals surface area contributed by atoms with E-state index < -0.39 is 18.3 Å². The molecule has 1 atom stereocenters. The van der Waals surface area contributed by atoms with E-state index in [2.05, 4.69) is 10.5 Å². The summed E-state index contributed by atoms with van der Waals surface area (Å²) in [6, 6.07) is 5.44. The number of carbonyl (C=O) groups is 1. The predicted molar refractivity (Wildman–Crippen MR) is 95.2 cm³/mol. The van der Waals surface area contributed by atoms with E-state index in [1.807, 2.05) is 57.7 Å². The maximum absolute atomic E-state index is 12.0. The summed E-state index contributed by atoms with van der Waals surface area (Å²) in [5, 5.41) is 4.11. The highest BCUT2D eigenvalue weighted by Gasteiger charge is 2.52. The SMILES string of the molecule is CC1C(=O)NN=C2COc3ccc(B4OC(C)(C)C(C)(C)O4)cc3N21. The largest absolute Gasteiger partial charge is 0.494 e. The van der Waals surface area contributed by atoms with Crippen molar-refractivity contribution in [2.24, 2.45) is 5.10 Å². The van der Waals surface area contributed by atoms with Crippen molar-refractivity contribution >= 4 is 30.0 Å². The van der Waals surface area contributed by atoms with Gasteiger partial charge in [0, 0.05) is 0 Å². The van der Waals surface area contributed by atoms with Gasteiger partial charge in [0.25, 0.3) is 5.91 Å². The molecule has 1 N–H and O–H groups in total. The third-order valence-electron chi connectivity index (χ3n) is 5.46. The summed E-state index contributed by atoms with van der Waals surface area (Å²) in [6.07, 6.45) is 0. The highest BCUT2D eigenvalue weighted by atomic mass is 16.7. The summed E-state index contributed by atoms with van der Waals surface area (Å²) in [4.78, 5) is 13.9. The van der Waals surface area contributed by atoms with Gasteiger partial charge in [0.15, 0.2) is 5.84 Å². The first kappa shape index (κ1) is 16.4. The number of carbonyl (C=O) groups excluding carboxylic acids is 1. The van der Waals surface area contributed by atoms with Crippen LogP contribution in [0.1, 0.15) is 34.6 Å². The number of hydrogen-bond acceptors (Lipinski definition) is 6. The molecule has 0 aromatic heterocycles. The first-order valence-electron chi connectivity index (χ1n) is 8.48. The second-order valence-corrected chi connectivity index (χ2v) is 7.65. The van der Waals surface area contributed by atoms with Crippen molar-refractivity contribution in [3.8, 4) is 5.75 Å². The fourth-order valence-electron chi connectivity index (χ4n) is 3.17. The number of hydrogen-bond donors (Lipinski definition) is 1. The highest BCUT2D eigenvalue weighted by molar-refractivity contribution is 6.62. The Labute approximate surface area is 147 Å². The summed E-state index contributed by atoms with van der Waals surface area (Å²) >= 11 is 0. The lowest BCUT2D eigenvalue weighted by atomic mass is 9.78. The maximum Gasteiger partial charge on any atom is 0.494 e. The predicted octanol–water partition coefficient (Wildman–Crippen LogP) is 1.02. The minimum absolute atomic E-state index is 0.141. The van der Waals surface area contributed by atoms with Crippen LogP contribution in [0.2, 0.25) is 0 Å². The molecule has 4 rings (SSSR count). The van der Waals surface area contributed by atoms with E-state index in [1.165, 1.54) is 0 Å². The Morgan fingerprint density at radius 1 is 1.24 bits per heavy atom. The van der Waals surface area contributed by atoms with Crippen molar-refractivity contribution in [1.29, 1.82) is 0 Å². The van der Waals surface area contributed by atoms with Gasteiger partial charge in [-0.05, 0) is 52.2 Å². The van der Waals surface area contributed by atoms with Crippen LogP contribution in [-0.4, -0.2) is 42.7 Å². The Morgan fingerprint density at radius 3 is 2.60 bits per heavy atom. The molecular weight excluding hydrogens is 321 g/mol. The first-order chi connectivity index (χ1) is 11.7. The zero-order valence-corrected chi connectivity index (χ0v) is 15.1. The number of nitrogens with one attached hydrogen (secondary N) is 1. The third kappa shape index (κ3) is 2.43. The second-order valence-electron chi connectivity index (χ2n) is 7.65. The van der Waals surface area contributed by atoms with E-state index in [0.717, 1.165) is 16.9 Å². The lowest BCUT2D eigenvalue weighted by Gasteiger charge is -2.38. The van der Waals surface area contributed by atoms with Crippen molar-refractivity contribution < 1.29 is 18.8 Å². The van der Waals surface area contributed by atoms with E-state index in [1.54, 1.807) is 0 Å². The topological polar surface area (TPSA) is 72.4 Å². The zero-order chi connectivity index (χ0) is 18.0. The molecule has 8 heteroatoms. The van der Waals surface area contributed by atoms with E-state index in [9.17, 15) is 4.79 Å². The fourth-order valence-corrected chi connectivity index (χ4v) is 3.17. The monoisotopic (exact) mass is 343 g/mol. The van der Waals surface area contributed by atoms with Gasteiger partial charge in [-0.1, -0.05) is 6.07 Å². The van der Waals surface area contributed by atoms with E-state index in [0.29, 0.717) is 12.4 Å². The Bertz CT molecular complexity index is 761. The molecular formula is C17H22BN3O4. The third-order valence-corrected chi connectivity index (χ3v) is 5.46. The minimum Gasteiger partial charge on any atom is -0.483 e. The maximum atomic E-state index is 12.0. The summed E-state index contributed by atoms with van der Waals surface area (Å²) < 4.78 is 18.0. The molecule has 3 heterocycles. The molecule has 1 aromatic rings. The Balaban J connectivity index is 1.72. The standard InChI is InChI=1S/C17H22BN3O4/c1-10-15(22)20-19-14-9-23-13-7-6-11(8-12(13)21(10)14)18-24-16(2,3)17(4,5)25-18/h6-8,10H,9H2,1-5H3,(H,20,22). The van der Waals surface area contributed by atoms with Crippen LogP contribution >= 0.6 is 0 Å². The van der Waals surface area contributed by atoms with Crippen LogP contribution in [0.4, 0.5) is 5.69 Å². The quantitative estimate of drug-likeness (QED) is 0.771. The van der Waals surface area contributed by atoms with Crippen LogP contribution in [0.3, 0.4) is 0 Å². The van der Waals surface area contributed by atoms with Crippen LogP contribution in [0, 0.1) is 0 Å². The lowest BCUT2D eigenvalue weighted by molar-refractivity contribution is -0.122. The van der Waals surface area contributed by atoms with Gasteiger partial charge in [0.05, 0.1) is 16.9 Å². The van der Waals surface area contributed by atoms with Gasteiger partial charge in [-0.3, -0.25) is 4.79 Å². The number of amidine groups is 1. The van der Waals surface area contributed by atoms with Gasteiger partial charge in [-0.15, -0.1) is 0 Å². The number of nitrogens with zero attached hydrogens (tertiary/aromatic N) is 2. The van der Waals surface area contributed by atoms with Crippen LogP contribution < -0.4 is 20.5 Å². The number of benzene rings is 1. The van der Waals surface area contributed by atoms with E-state index >= 15 is 0 Å². The average Bonchev–Trinajstić information content (AvgIpc) is 2.78. The molecule has 7 nitrogen and oxygen atoms in total. The zero-order valence-electron chi connectivity index (χ0n) is 15.1. The molecule has 1 fully saturated rings. The van der Waals surface area contributed by atoms with Crippen molar-refractivity contribution in [3.63, 3.8) is 0 Å². The van der Waals surface area contributed by atoms with Crippen LogP contribution in [0.15, 0.2) is 23.3 Å². The molecule has 0 saturated carbocycles. The molecule has 3 aliphatic rings. The smallest absolute Gasteiger partial charge is 0.483 e. The lowest BCUT2D eigenvalue weighted by Crippen LogP contribution is -2.55.